The predicted octanol–water partition coefficient (Wildman–Crippen LogP) is 2.82. The van der Waals surface area contributed by atoms with Gasteiger partial charge in [-0.05, 0) is 37.1 Å². The maximum atomic E-state index is 4.38. The monoisotopic (exact) mass is 343 g/mol. The lowest BCUT2D eigenvalue weighted by atomic mass is 10.1. The van der Waals surface area contributed by atoms with Gasteiger partial charge in [-0.2, -0.15) is 11.8 Å². The van der Waals surface area contributed by atoms with Crippen molar-refractivity contribution in [1.82, 2.24) is 20.2 Å². The number of guanidine groups is 1. The van der Waals surface area contributed by atoms with Crippen LogP contribution in [0.4, 0.5) is 0 Å². The molecule has 5 nitrogen and oxygen atoms in total. The van der Waals surface area contributed by atoms with Gasteiger partial charge in [-0.25, -0.2) is 4.98 Å². The highest BCUT2D eigenvalue weighted by Gasteiger charge is 2.24. The van der Waals surface area contributed by atoms with Gasteiger partial charge in [0.15, 0.2) is 5.96 Å². The Bertz CT molecular complexity index is 668. The zero-order valence-electron chi connectivity index (χ0n) is 14.3. The second kappa shape index (κ2) is 8.24. The number of benzene rings is 1. The van der Waals surface area contributed by atoms with E-state index in [1.807, 2.05) is 42.0 Å². The fourth-order valence-corrected chi connectivity index (χ4v) is 3.96. The van der Waals surface area contributed by atoms with Gasteiger partial charge in [-0.15, -0.1) is 0 Å². The van der Waals surface area contributed by atoms with Crippen molar-refractivity contribution in [3.63, 3.8) is 0 Å². The van der Waals surface area contributed by atoms with E-state index >= 15 is 0 Å². The largest absolute Gasteiger partial charge is 0.354 e. The first-order valence-electron chi connectivity index (χ1n) is 8.36. The number of aliphatic imine (C=N–C) groups is 1. The van der Waals surface area contributed by atoms with Crippen LogP contribution in [-0.4, -0.2) is 40.1 Å². The molecule has 1 heterocycles. The summed E-state index contributed by atoms with van der Waals surface area (Å²) >= 11 is 1.97. The molecule has 1 aromatic carbocycles. The number of aromatic nitrogens is 2. The van der Waals surface area contributed by atoms with Crippen molar-refractivity contribution in [2.24, 2.45) is 4.99 Å². The lowest BCUT2D eigenvalue weighted by molar-refractivity contribution is 0.614. The molecule has 0 saturated heterocycles. The number of para-hydroxylation sites is 1. The Morgan fingerprint density at radius 3 is 2.96 bits per heavy atom. The number of hydrogen-bond donors (Lipinski definition) is 2. The summed E-state index contributed by atoms with van der Waals surface area (Å²) < 4.78 is 2.03. The molecule has 2 aromatic rings. The van der Waals surface area contributed by atoms with Crippen molar-refractivity contribution in [2.45, 2.75) is 37.1 Å². The molecule has 3 rings (SSSR count). The average Bonchev–Trinajstić information content (AvgIpc) is 3.30. The topological polar surface area (TPSA) is 54.2 Å². The number of rotatable bonds is 5. The molecular formula is C18H25N5S. The van der Waals surface area contributed by atoms with Crippen molar-refractivity contribution in [1.29, 1.82) is 0 Å². The molecule has 0 amide bonds. The van der Waals surface area contributed by atoms with Crippen LogP contribution in [0, 0.1) is 0 Å². The van der Waals surface area contributed by atoms with Gasteiger partial charge in [-0.1, -0.05) is 18.2 Å². The van der Waals surface area contributed by atoms with Crippen LogP contribution in [0.3, 0.4) is 0 Å². The van der Waals surface area contributed by atoms with Gasteiger partial charge >= 0.3 is 0 Å². The van der Waals surface area contributed by atoms with E-state index in [9.17, 15) is 0 Å². The molecule has 0 radical (unpaired) electrons. The minimum atomic E-state index is 0.526. The SMILES string of the molecule is CN=C(NCc1ccccc1-n1ccnc1)NC1CCC(SC)C1. The van der Waals surface area contributed by atoms with Gasteiger partial charge in [0.2, 0.25) is 0 Å². The minimum absolute atomic E-state index is 0.526. The van der Waals surface area contributed by atoms with Gasteiger partial charge in [0.1, 0.15) is 0 Å². The highest BCUT2D eigenvalue weighted by Crippen LogP contribution is 2.28. The molecule has 0 spiro atoms. The maximum Gasteiger partial charge on any atom is 0.191 e. The zero-order valence-corrected chi connectivity index (χ0v) is 15.1. The van der Waals surface area contributed by atoms with Gasteiger partial charge in [-0.3, -0.25) is 4.99 Å². The average molecular weight is 344 g/mol. The molecule has 1 saturated carbocycles. The molecule has 0 aliphatic heterocycles. The normalized spacial score (nSPS) is 21.0. The minimum Gasteiger partial charge on any atom is -0.354 e. The van der Waals surface area contributed by atoms with Crippen LogP contribution in [0.2, 0.25) is 0 Å². The third-order valence-electron chi connectivity index (χ3n) is 4.50. The molecule has 1 fully saturated rings. The highest BCUT2D eigenvalue weighted by atomic mass is 32.2. The Kier molecular flexibility index (Phi) is 5.80. The Labute approximate surface area is 148 Å². The Hall–Kier alpha value is -1.95. The molecule has 2 unspecified atom stereocenters. The first-order chi connectivity index (χ1) is 11.8. The van der Waals surface area contributed by atoms with Gasteiger partial charge < -0.3 is 15.2 Å². The molecule has 1 aromatic heterocycles. The molecule has 1 aliphatic rings. The summed E-state index contributed by atoms with van der Waals surface area (Å²) in [5.74, 6) is 0.877. The standard InChI is InChI=1S/C18H25N5S/c1-19-18(22-15-7-8-16(11-15)24-2)21-12-14-5-3-4-6-17(14)23-10-9-20-13-23/h3-6,9-10,13,15-16H,7-8,11-12H2,1-2H3,(H2,19,21,22). The van der Waals surface area contributed by atoms with E-state index in [0.29, 0.717) is 6.04 Å². The van der Waals surface area contributed by atoms with Crippen LogP contribution < -0.4 is 10.6 Å². The second-order valence-corrected chi connectivity index (χ2v) is 7.17. The molecule has 0 bridgehead atoms. The summed E-state index contributed by atoms with van der Waals surface area (Å²) in [7, 11) is 1.83. The lowest BCUT2D eigenvalue weighted by Crippen LogP contribution is -2.42. The summed E-state index contributed by atoms with van der Waals surface area (Å²) in [6.45, 7) is 0.729. The van der Waals surface area contributed by atoms with Gasteiger partial charge in [0.05, 0.1) is 12.0 Å². The third-order valence-corrected chi connectivity index (χ3v) is 5.60. The van der Waals surface area contributed by atoms with E-state index in [0.717, 1.165) is 23.4 Å². The van der Waals surface area contributed by atoms with Crippen LogP contribution in [0.25, 0.3) is 5.69 Å². The summed E-state index contributed by atoms with van der Waals surface area (Å²) in [6, 6.07) is 8.88. The van der Waals surface area contributed by atoms with Crippen LogP contribution in [-0.2, 0) is 6.54 Å². The molecular weight excluding hydrogens is 318 g/mol. The molecule has 24 heavy (non-hydrogen) atoms. The van der Waals surface area contributed by atoms with Gasteiger partial charge in [0, 0.05) is 37.3 Å². The summed E-state index contributed by atoms with van der Waals surface area (Å²) in [5, 5.41) is 7.79. The van der Waals surface area contributed by atoms with Crippen molar-refractivity contribution in [2.75, 3.05) is 13.3 Å². The van der Waals surface area contributed by atoms with Crippen LogP contribution in [0.1, 0.15) is 24.8 Å². The molecule has 128 valence electrons. The van der Waals surface area contributed by atoms with E-state index in [2.05, 4.69) is 45.1 Å². The summed E-state index contributed by atoms with van der Waals surface area (Å²) in [6.07, 6.45) is 11.5. The molecule has 2 N–H and O–H groups in total. The Morgan fingerprint density at radius 1 is 1.38 bits per heavy atom. The summed E-state index contributed by atoms with van der Waals surface area (Å²) in [4.78, 5) is 8.52. The zero-order chi connectivity index (χ0) is 16.8. The molecule has 6 heteroatoms. The van der Waals surface area contributed by atoms with E-state index < -0.39 is 0 Å². The number of hydrogen-bond acceptors (Lipinski definition) is 3. The molecule has 2 atom stereocenters. The van der Waals surface area contributed by atoms with Crippen LogP contribution >= 0.6 is 11.8 Å². The van der Waals surface area contributed by atoms with Crippen LogP contribution in [0.15, 0.2) is 48.0 Å². The van der Waals surface area contributed by atoms with Gasteiger partial charge in [0.25, 0.3) is 0 Å². The lowest BCUT2D eigenvalue weighted by Gasteiger charge is -2.18. The quantitative estimate of drug-likeness (QED) is 0.647. The molecule has 1 aliphatic carbocycles. The first-order valence-corrected chi connectivity index (χ1v) is 9.65. The summed E-state index contributed by atoms with van der Waals surface area (Å²) in [5.41, 5.74) is 2.35. The Balaban J connectivity index is 1.61. The van der Waals surface area contributed by atoms with Crippen molar-refractivity contribution < 1.29 is 0 Å². The van der Waals surface area contributed by atoms with E-state index in [1.165, 1.54) is 24.8 Å². The predicted molar refractivity (Wildman–Crippen MR) is 102 cm³/mol. The second-order valence-electron chi connectivity index (χ2n) is 6.04. The number of thioether (sulfide) groups is 1. The fraction of sp³-hybridized carbons (Fsp3) is 0.444. The smallest absolute Gasteiger partial charge is 0.191 e. The first kappa shape index (κ1) is 16.9. The third kappa shape index (κ3) is 4.12. The number of imidazole rings is 1. The number of nitrogens with one attached hydrogen (secondary N) is 2. The van der Waals surface area contributed by atoms with Crippen molar-refractivity contribution in [3.05, 3.63) is 48.5 Å². The van der Waals surface area contributed by atoms with E-state index in [4.69, 9.17) is 0 Å². The van der Waals surface area contributed by atoms with Crippen molar-refractivity contribution >= 4 is 17.7 Å². The maximum absolute atomic E-state index is 4.38. The van der Waals surface area contributed by atoms with E-state index in [-0.39, 0.29) is 0 Å². The van der Waals surface area contributed by atoms with E-state index in [1.54, 1.807) is 6.20 Å². The van der Waals surface area contributed by atoms with Crippen molar-refractivity contribution in [3.8, 4) is 5.69 Å². The Morgan fingerprint density at radius 2 is 2.25 bits per heavy atom. The highest BCUT2D eigenvalue weighted by molar-refractivity contribution is 7.99. The fourth-order valence-electron chi connectivity index (χ4n) is 3.17. The number of nitrogens with zero attached hydrogens (tertiary/aromatic N) is 3. The van der Waals surface area contributed by atoms with Crippen LogP contribution in [0.5, 0.6) is 0 Å².